The Bertz CT molecular complexity index is 658. The summed E-state index contributed by atoms with van der Waals surface area (Å²) in [6.07, 6.45) is 6.73. The van der Waals surface area contributed by atoms with Crippen LogP contribution in [0.3, 0.4) is 0 Å². The molecule has 0 aliphatic carbocycles. The molecule has 1 saturated heterocycles. The van der Waals surface area contributed by atoms with Gasteiger partial charge in [0, 0.05) is 25.2 Å². The number of carbonyl (C=O) groups is 2. The zero-order chi connectivity index (χ0) is 17.9. The fourth-order valence-corrected chi connectivity index (χ4v) is 4.18. The van der Waals surface area contributed by atoms with Crippen molar-refractivity contribution in [2.75, 3.05) is 13.1 Å². The molecule has 3 rings (SSSR count). The van der Waals surface area contributed by atoms with Gasteiger partial charge in [0.15, 0.2) is 0 Å². The number of likely N-dealkylation sites (tertiary alicyclic amines) is 1. The molecule has 134 valence electrons. The molecule has 25 heavy (non-hydrogen) atoms. The lowest BCUT2D eigenvalue weighted by atomic mass is 9.81. The van der Waals surface area contributed by atoms with Gasteiger partial charge in [-0.2, -0.15) is 0 Å². The van der Waals surface area contributed by atoms with Gasteiger partial charge in [-0.25, -0.2) is 4.79 Å². The van der Waals surface area contributed by atoms with Gasteiger partial charge >= 0.3 is 6.09 Å². The minimum atomic E-state index is -0.858. The summed E-state index contributed by atoms with van der Waals surface area (Å²) < 4.78 is 0. The molecule has 2 amide bonds. The van der Waals surface area contributed by atoms with E-state index in [0.29, 0.717) is 19.4 Å². The number of amides is 2. The van der Waals surface area contributed by atoms with E-state index >= 15 is 0 Å². The van der Waals surface area contributed by atoms with Gasteiger partial charge in [0.1, 0.15) is 0 Å². The second-order valence-corrected chi connectivity index (χ2v) is 7.03. The van der Waals surface area contributed by atoms with Crippen LogP contribution in [-0.4, -0.2) is 51.6 Å². The number of nitrogens with zero attached hydrogens (tertiary/aromatic N) is 2. The lowest BCUT2D eigenvalue weighted by Gasteiger charge is -2.47. The summed E-state index contributed by atoms with van der Waals surface area (Å²) in [5, 5.41) is 9.59. The lowest BCUT2D eigenvalue weighted by Crippen LogP contribution is -2.58. The maximum Gasteiger partial charge on any atom is 0.407 e. The number of hydrogen-bond donors (Lipinski definition) is 1. The third kappa shape index (κ3) is 3.55. The molecule has 0 saturated carbocycles. The third-order valence-electron chi connectivity index (χ3n) is 5.46. The van der Waals surface area contributed by atoms with E-state index in [1.54, 1.807) is 11.0 Å². The standard InChI is InChI=1S/C20H26N2O3/c1-2-13-22-18(23)10-11-20(22)12-14-21(19(24)25)17(15-20)9-8-16-6-4-3-5-7-16/h3-7,10-11,17H,2,8-9,12-15H2,1H3,(H,24,25)/t17-,20+/m0/s1. The first-order valence-corrected chi connectivity index (χ1v) is 9.10. The van der Waals surface area contributed by atoms with E-state index in [0.717, 1.165) is 25.8 Å². The van der Waals surface area contributed by atoms with Gasteiger partial charge in [-0.05, 0) is 37.7 Å². The molecule has 0 aromatic heterocycles. The first-order valence-electron chi connectivity index (χ1n) is 9.10. The van der Waals surface area contributed by atoms with Crippen LogP contribution >= 0.6 is 0 Å². The van der Waals surface area contributed by atoms with Crippen molar-refractivity contribution in [3.8, 4) is 0 Å². The van der Waals surface area contributed by atoms with Gasteiger partial charge in [-0.15, -0.1) is 0 Å². The highest BCUT2D eigenvalue weighted by Crippen LogP contribution is 2.38. The molecule has 2 aliphatic heterocycles. The summed E-state index contributed by atoms with van der Waals surface area (Å²) >= 11 is 0. The highest BCUT2D eigenvalue weighted by atomic mass is 16.4. The Morgan fingerprint density at radius 2 is 2.08 bits per heavy atom. The average Bonchev–Trinajstić information content (AvgIpc) is 2.90. The number of rotatable bonds is 5. The minimum Gasteiger partial charge on any atom is -0.465 e. The third-order valence-corrected chi connectivity index (χ3v) is 5.46. The molecule has 5 heteroatoms. The van der Waals surface area contributed by atoms with Crippen LogP contribution < -0.4 is 0 Å². The van der Waals surface area contributed by atoms with Crippen LogP contribution in [0, 0.1) is 0 Å². The zero-order valence-corrected chi connectivity index (χ0v) is 14.7. The number of carboxylic acid groups (broad SMARTS) is 1. The summed E-state index contributed by atoms with van der Waals surface area (Å²) in [6.45, 7) is 3.27. The average molecular weight is 342 g/mol. The van der Waals surface area contributed by atoms with Crippen LogP contribution in [0.25, 0.3) is 0 Å². The Labute approximate surface area is 148 Å². The van der Waals surface area contributed by atoms with Crippen LogP contribution in [0.1, 0.15) is 38.2 Å². The number of hydrogen-bond acceptors (Lipinski definition) is 2. The Hall–Kier alpha value is -2.30. The first-order chi connectivity index (χ1) is 12.1. The minimum absolute atomic E-state index is 0.0624. The van der Waals surface area contributed by atoms with Gasteiger partial charge in [0.25, 0.3) is 0 Å². The second-order valence-electron chi connectivity index (χ2n) is 7.03. The highest BCUT2D eigenvalue weighted by molar-refractivity contribution is 5.91. The maximum atomic E-state index is 12.2. The molecule has 2 aliphatic rings. The van der Waals surface area contributed by atoms with E-state index in [1.165, 1.54) is 5.56 Å². The van der Waals surface area contributed by atoms with Gasteiger partial charge in [-0.1, -0.05) is 43.3 Å². The maximum absolute atomic E-state index is 12.2. The largest absolute Gasteiger partial charge is 0.465 e. The fourth-order valence-electron chi connectivity index (χ4n) is 4.18. The van der Waals surface area contributed by atoms with Crippen LogP contribution in [0.15, 0.2) is 42.5 Å². The topological polar surface area (TPSA) is 60.9 Å². The van der Waals surface area contributed by atoms with Gasteiger partial charge in [0.05, 0.1) is 5.54 Å². The number of piperidine rings is 1. The van der Waals surface area contributed by atoms with Crippen molar-refractivity contribution in [1.82, 2.24) is 9.80 Å². The molecule has 1 aromatic carbocycles. The van der Waals surface area contributed by atoms with Crippen molar-refractivity contribution >= 4 is 12.0 Å². The van der Waals surface area contributed by atoms with Crippen LogP contribution in [0.4, 0.5) is 4.79 Å². The molecular weight excluding hydrogens is 316 g/mol. The SMILES string of the molecule is CCCN1C(=O)C=C[C@]12CCN(C(=O)O)[C@@H](CCc1ccccc1)C2. The van der Waals surface area contributed by atoms with Crippen molar-refractivity contribution in [2.45, 2.75) is 50.6 Å². The molecule has 2 atom stereocenters. The Kier molecular flexibility index (Phi) is 5.11. The van der Waals surface area contributed by atoms with E-state index in [9.17, 15) is 14.7 Å². The molecule has 1 fully saturated rings. The predicted octanol–water partition coefficient (Wildman–Crippen LogP) is 3.31. The molecule has 1 spiro atoms. The van der Waals surface area contributed by atoms with Gasteiger partial charge < -0.3 is 14.9 Å². The molecular formula is C20H26N2O3. The summed E-state index contributed by atoms with van der Waals surface area (Å²) in [7, 11) is 0. The molecule has 0 unspecified atom stereocenters. The summed E-state index contributed by atoms with van der Waals surface area (Å²) in [5.41, 5.74) is 0.913. The number of carbonyl (C=O) groups excluding carboxylic acids is 1. The van der Waals surface area contributed by atoms with Crippen molar-refractivity contribution in [3.05, 3.63) is 48.0 Å². The monoisotopic (exact) mass is 342 g/mol. The van der Waals surface area contributed by atoms with E-state index in [2.05, 4.69) is 19.1 Å². The highest BCUT2D eigenvalue weighted by Gasteiger charge is 2.47. The van der Waals surface area contributed by atoms with Gasteiger partial charge in [-0.3, -0.25) is 4.79 Å². The van der Waals surface area contributed by atoms with Crippen LogP contribution in [0.5, 0.6) is 0 Å². The Morgan fingerprint density at radius 1 is 1.32 bits per heavy atom. The number of aryl methyl sites for hydroxylation is 1. The Morgan fingerprint density at radius 3 is 2.76 bits per heavy atom. The van der Waals surface area contributed by atoms with E-state index in [-0.39, 0.29) is 17.5 Å². The summed E-state index contributed by atoms with van der Waals surface area (Å²) in [6, 6.07) is 10.1. The molecule has 5 nitrogen and oxygen atoms in total. The predicted molar refractivity (Wildman–Crippen MR) is 96.4 cm³/mol. The number of benzene rings is 1. The van der Waals surface area contributed by atoms with E-state index in [1.807, 2.05) is 29.2 Å². The normalized spacial score (nSPS) is 25.8. The molecule has 1 N–H and O–H groups in total. The summed E-state index contributed by atoms with van der Waals surface area (Å²) in [4.78, 5) is 27.4. The lowest BCUT2D eigenvalue weighted by molar-refractivity contribution is -0.130. The van der Waals surface area contributed by atoms with Crippen molar-refractivity contribution < 1.29 is 14.7 Å². The molecule has 2 heterocycles. The zero-order valence-electron chi connectivity index (χ0n) is 14.7. The van der Waals surface area contributed by atoms with E-state index in [4.69, 9.17) is 0 Å². The quantitative estimate of drug-likeness (QED) is 0.893. The molecule has 0 bridgehead atoms. The fraction of sp³-hybridized carbons (Fsp3) is 0.500. The van der Waals surface area contributed by atoms with Gasteiger partial charge in [0.2, 0.25) is 5.91 Å². The van der Waals surface area contributed by atoms with Crippen LogP contribution in [0.2, 0.25) is 0 Å². The van der Waals surface area contributed by atoms with Crippen molar-refractivity contribution in [2.24, 2.45) is 0 Å². The van der Waals surface area contributed by atoms with E-state index < -0.39 is 6.09 Å². The van der Waals surface area contributed by atoms with Crippen molar-refractivity contribution in [1.29, 1.82) is 0 Å². The second kappa shape index (κ2) is 7.30. The molecule has 1 aromatic rings. The smallest absolute Gasteiger partial charge is 0.407 e. The Balaban J connectivity index is 1.76. The summed E-state index contributed by atoms with van der Waals surface area (Å²) in [5.74, 6) is 0.0624. The van der Waals surface area contributed by atoms with Crippen LogP contribution in [-0.2, 0) is 11.2 Å². The van der Waals surface area contributed by atoms with Crippen molar-refractivity contribution in [3.63, 3.8) is 0 Å². The molecule has 0 radical (unpaired) electrons. The first kappa shape index (κ1) is 17.5.